The maximum absolute atomic E-state index is 9.91. The highest BCUT2D eigenvalue weighted by atomic mass is 16.3. The molecule has 0 radical (unpaired) electrons. The zero-order valence-corrected chi connectivity index (χ0v) is 11.6. The number of aliphatic hydroxyl groups is 1. The quantitative estimate of drug-likeness (QED) is 0.833. The predicted molar refractivity (Wildman–Crippen MR) is 74.5 cm³/mol. The van der Waals surface area contributed by atoms with Gasteiger partial charge in [-0.1, -0.05) is 29.8 Å². The minimum atomic E-state index is -0.280. The molecule has 0 aromatic heterocycles. The molecule has 1 saturated heterocycles. The topological polar surface area (TPSA) is 35.5 Å². The van der Waals surface area contributed by atoms with Crippen molar-refractivity contribution in [1.82, 2.24) is 10.2 Å². The van der Waals surface area contributed by atoms with Gasteiger partial charge < -0.3 is 10.4 Å². The van der Waals surface area contributed by atoms with Gasteiger partial charge in [-0.2, -0.15) is 0 Å². The van der Waals surface area contributed by atoms with Crippen LogP contribution in [0.4, 0.5) is 0 Å². The number of β-amino-alcohol motifs (C(OH)–C–C–N with tert-alkyl or cyclic N) is 1. The summed E-state index contributed by atoms with van der Waals surface area (Å²) in [6.07, 6.45) is -0.280. The summed E-state index contributed by atoms with van der Waals surface area (Å²) >= 11 is 0. The van der Waals surface area contributed by atoms with Crippen molar-refractivity contribution in [2.75, 3.05) is 19.6 Å². The summed E-state index contributed by atoms with van der Waals surface area (Å²) in [5, 5.41) is 13.3. The Morgan fingerprint density at radius 3 is 2.67 bits per heavy atom. The molecule has 1 unspecified atom stereocenters. The van der Waals surface area contributed by atoms with Crippen molar-refractivity contribution in [3.8, 4) is 0 Å². The standard InChI is InChI=1S/C15H24N2O/c1-12-4-6-13(7-5-12)9-17-10-14(18)8-16-15(2,3)11-17/h4-7,14,16,18H,8-11H2,1-3H3. The third kappa shape index (κ3) is 3.80. The largest absolute Gasteiger partial charge is 0.390 e. The minimum absolute atomic E-state index is 0.0577. The second-order valence-corrected chi connectivity index (χ2v) is 6.07. The van der Waals surface area contributed by atoms with Gasteiger partial charge in [0.05, 0.1) is 6.10 Å². The lowest BCUT2D eigenvalue weighted by Gasteiger charge is -2.29. The number of aryl methyl sites for hydroxylation is 1. The number of hydrogen-bond donors (Lipinski definition) is 2. The van der Waals surface area contributed by atoms with E-state index in [2.05, 4.69) is 55.3 Å². The average molecular weight is 248 g/mol. The smallest absolute Gasteiger partial charge is 0.0791 e. The van der Waals surface area contributed by atoms with Gasteiger partial charge in [0.1, 0.15) is 0 Å². The molecule has 2 N–H and O–H groups in total. The maximum atomic E-state index is 9.91. The molecule has 0 saturated carbocycles. The van der Waals surface area contributed by atoms with Gasteiger partial charge in [-0.15, -0.1) is 0 Å². The van der Waals surface area contributed by atoms with Crippen LogP contribution in [0.5, 0.6) is 0 Å². The Bertz CT molecular complexity index is 386. The molecule has 18 heavy (non-hydrogen) atoms. The highest BCUT2D eigenvalue weighted by molar-refractivity contribution is 5.21. The fourth-order valence-electron chi connectivity index (χ4n) is 2.51. The SMILES string of the molecule is Cc1ccc(CN2CC(O)CNC(C)(C)C2)cc1. The Kier molecular flexibility index (Phi) is 4.05. The van der Waals surface area contributed by atoms with Crippen LogP contribution in [-0.4, -0.2) is 41.3 Å². The highest BCUT2D eigenvalue weighted by Gasteiger charge is 2.27. The van der Waals surface area contributed by atoms with E-state index in [4.69, 9.17) is 0 Å². The van der Waals surface area contributed by atoms with Gasteiger partial charge in [0.15, 0.2) is 0 Å². The first-order valence-electron chi connectivity index (χ1n) is 6.66. The number of nitrogens with zero attached hydrogens (tertiary/aromatic N) is 1. The summed E-state index contributed by atoms with van der Waals surface area (Å²) in [6, 6.07) is 8.64. The second-order valence-electron chi connectivity index (χ2n) is 6.07. The maximum Gasteiger partial charge on any atom is 0.0791 e. The Morgan fingerprint density at radius 2 is 2.00 bits per heavy atom. The average Bonchev–Trinajstić information content (AvgIpc) is 2.41. The van der Waals surface area contributed by atoms with E-state index in [1.807, 2.05) is 0 Å². The molecule has 0 bridgehead atoms. The van der Waals surface area contributed by atoms with E-state index in [0.29, 0.717) is 6.54 Å². The van der Waals surface area contributed by atoms with E-state index >= 15 is 0 Å². The molecule has 1 fully saturated rings. The van der Waals surface area contributed by atoms with Gasteiger partial charge in [-0.25, -0.2) is 0 Å². The Morgan fingerprint density at radius 1 is 1.33 bits per heavy atom. The summed E-state index contributed by atoms with van der Waals surface area (Å²) in [6.45, 7) is 9.76. The monoisotopic (exact) mass is 248 g/mol. The molecular formula is C15H24N2O. The number of benzene rings is 1. The fourth-order valence-corrected chi connectivity index (χ4v) is 2.51. The first-order valence-corrected chi connectivity index (χ1v) is 6.66. The van der Waals surface area contributed by atoms with Crippen molar-refractivity contribution in [1.29, 1.82) is 0 Å². The lowest BCUT2D eigenvalue weighted by Crippen LogP contribution is -2.46. The molecule has 1 aromatic rings. The number of rotatable bonds is 2. The fraction of sp³-hybridized carbons (Fsp3) is 0.600. The Labute approximate surface area is 110 Å². The van der Waals surface area contributed by atoms with Crippen LogP contribution in [0.15, 0.2) is 24.3 Å². The minimum Gasteiger partial charge on any atom is -0.390 e. The molecular weight excluding hydrogens is 224 g/mol. The van der Waals surface area contributed by atoms with Gasteiger partial charge in [-0.3, -0.25) is 4.90 Å². The zero-order chi connectivity index (χ0) is 13.2. The van der Waals surface area contributed by atoms with Gasteiger partial charge in [0, 0.05) is 31.7 Å². The van der Waals surface area contributed by atoms with Crippen molar-refractivity contribution in [3.63, 3.8) is 0 Å². The zero-order valence-electron chi connectivity index (χ0n) is 11.6. The summed E-state index contributed by atoms with van der Waals surface area (Å²) in [4.78, 5) is 2.33. The van der Waals surface area contributed by atoms with Crippen LogP contribution in [0.1, 0.15) is 25.0 Å². The van der Waals surface area contributed by atoms with E-state index in [0.717, 1.165) is 19.6 Å². The molecule has 1 aliphatic rings. The molecule has 3 nitrogen and oxygen atoms in total. The molecule has 1 atom stereocenters. The summed E-state index contributed by atoms with van der Waals surface area (Å²) in [7, 11) is 0. The molecule has 1 heterocycles. The first kappa shape index (κ1) is 13.5. The number of hydrogen-bond acceptors (Lipinski definition) is 3. The molecule has 0 amide bonds. The van der Waals surface area contributed by atoms with Crippen molar-refractivity contribution in [3.05, 3.63) is 35.4 Å². The van der Waals surface area contributed by atoms with E-state index in [1.165, 1.54) is 11.1 Å². The van der Waals surface area contributed by atoms with Crippen molar-refractivity contribution < 1.29 is 5.11 Å². The predicted octanol–water partition coefficient (Wildman–Crippen LogP) is 1.54. The van der Waals surface area contributed by atoms with Crippen LogP contribution < -0.4 is 5.32 Å². The lowest BCUT2D eigenvalue weighted by molar-refractivity contribution is 0.125. The van der Waals surface area contributed by atoms with Crippen LogP contribution in [-0.2, 0) is 6.54 Å². The third-order valence-electron chi connectivity index (χ3n) is 3.43. The van der Waals surface area contributed by atoms with Gasteiger partial charge in [0.2, 0.25) is 0 Å². The molecule has 1 aliphatic heterocycles. The van der Waals surface area contributed by atoms with Crippen LogP contribution >= 0.6 is 0 Å². The third-order valence-corrected chi connectivity index (χ3v) is 3.43. The van der Waals surface area contributed by atoms with Crippen molar-refractivity contribution >= 4 is 0 Å². The second kappa shape index (κ2) is 5.39. The Hall–Kier alpha value is -0.900. The molecule has 3 heteroatoms. The Balaban J connectivity index is 2.04. The van der Waals surface area contributed by atoms with Crippen LogP contribution in [0.3, 0.4) is 0 Å². The first-order chi connectivity index (χ1) is 8.44. The van der Waals surface area contributed by atoms with Crippen LogP contribution in [0.25, 0.3) is 0 Å². The summed E-state index contributed by atoms with van der Waals surface area (Å²) < 4.78 is 0. The van der Waals surface area contributed by atoms with Gasteiger partial charge in [0.25, 0.3) is 0 Å². The van der Waals surface area contributed by atoms with Gasteiger partial charge in [-0.05, 0) is 26.3 Å². The summed E-state index contributed by atoms with van der Waals surface area (Å²) in [5.41, 5.74) is 2.66. The lowest BCUT2D eigenvalue weighted by atomic mass is 10.1. The normalized spacial score (nSPS) is 24.8. The molecule has 1 aromatic carbocycles. The molecule has 0 aliphatic carbocycles. The molecule has 0 spiro atoms. The summed E-state index contributed by atoms with van der Waals surface area (Å²) in [5.74, 6) is 0. The van der Waals surface area contributed by atoms with Crippen molar-refractivity contribution in [2.45, 2.75) is 39.0 Å². The van der Waals surface area contributed by atoms with Crippen LogP contribution in [0.2, 0.25) is 0 Å². The highest BCUT2D eigenvalue weighted by Crippen LogP contribution is 2.14. The molecule has 100 valence electrons. The van der Waals surface area contributed by atoms with Gasteiger partial charge >= 0.3 is 0 Å². The number of aliphatic hydroxyl groups excluding tert-OH is 1. The van der Waals surface area contributed by atoms with Crippen molar-refractivity contribution in [2.24, 2.45) is 0 Å². The van der Waals surface area contributed by atoms with E-state index in [9.17, 15) is 5.11 Å². The van der Waals surface area contributed by atoms with E-state index in [-0.39, 0.29) is 11.6 Å². The van der Waals surface area contributed by atoms with Crippen LogP contribution in [0, 0.1) is 6.92 Å². The molecule has 2 rings (SSSR count). The number of nitrogens with one attached hydrogen (secondary N) is 1. The van der Waals surface area contributed by atoms with E-state index in [1.54, 1.807) is 0 Å². The van der Waals surface area contributed by atoms with E-state index < -0.39 is 0 Å².